The van der Waals surface area contributed by atoms with Gasteiger partial charge in [0.05, 0.1) is 26.4 Å². The standard InChI is InChI=1S/C50H79O9P/c1-3-5-7-9-11-13-15-17-19-21-23-24-25-26-28-30-32-34-36-38-40-42-50(53)59-49(47-58-60(54,55)57-45-48(52)44-51)46-56-43-41-39-37-35-33-31-29-27-22-20-18-16-14-12-10-8-6-4-2/h5-8,11-14,17-20,23-24,26-29,32-35,48-49,51-52H,3-4,9-10,15-16,21-22,25,30-31,36-47H2,1-2H3,(H,54,55)/b7-5-,8-6-,13-11-,14-12-,19-17-,20-18-,24-23-,28-26-,29-27-,34-32-,35-33-. The zero-order valence-corrected chi connectivity index (χ0v) is 37.8. The second-order valence-corrected chi connectivity index (χ2v) is 15.4. The first kappa shape index (κ1) is 56.6. The highest BCUT2D eigenvalue weighted by atomic mass is 31.2. The van der Waals surface area contributed by atoms with Crippen LogP contribution in [0.3, 0.4) is 0 Å². The predicted octanol–water partition coefficient (Wildman–Crippen LogP) is 12.6. The van der Waals surface area contributed by atoms with Crippen LogP contribution in [0.4, 0.5) is 0 Å². The smallest absolute Gasteiger partial charge is 0.457 e. The van der Waals surface area contributed by atoms with Gasteiger partial charge in [0.15, 0.2) is 0 Å². The lowest BCUT2D eigenvalue weighted by atomic mass is 10.2. The Labute approximate surface area is 364 Å². The number of ether oxygens (including phenoxy) is 2. The lowest BCUT2D eigenvalue weighted by molar-refractivity contribution is -0.154. The van der Waals surface area contributed by atoms with Crippen molar-refractivity contribution in [1.29, 1.82) is 0 Å². The maximum absolute atomic E-state index is 12.6. The van der Waals surface area contributed by atoms with Crippen molar-refractivity contribution in [2.45, 2.75) is 142 Å². The molecular weight excluding hydrogens is 776 g/mol. The molecular formula is C50H79O9P. The average Bonchev–Trinajstić information content (AvgIpc) is 3.24. The molecule has 10 heteroatoms. The first-order valence-electron chi connectivity index (χ1n) is 22.2. The van der Waals surface area contributed by atoms with Crippen LogP contribution in [0.5, 0.6) is 0 Å². The Hall–Kier alpha value is -3.40. The number of phosphoric acid groups is 1. The van der Waals surface area contributed by atoms with Gasteiger partial charge in [0.1, 0.15) is 12.2 Å². The summed E-state index contributed by atoms with van der Waals surface area (Å²) in [6, 6.07) is 0. The molecule has 0 saturated heterocycles. The molecule has 9 nitrogen and oxygen atoms in total. The van der Waals surface area contributed by atoms with Gasteiger partial charge in [-0.2, -0.15) is 0 Å². The quantitative estimate of drug-likeness (QED) is 0.0238. The molecule has 0 aliphatic heterocycles. The second-order valence-electron chi connectivity index (χ2n) is 13.9. The van der Waals surface area contributed by atoms with Gasteiger partial charge in [-0.3, -0.25) is 13.8 Å². The van der Waals surface area contributed by atoms with E-state index in [2.05, 4.69) is 148 Å². The molecule has 0 rings (SSSR count). The number of aliphatic hydroxyl groups is 2. The SMILES string of the molecule is CC/C=C\C/C=C\C/C=C\C/C=C\C/C=C\C/C=C\CCCCC(=O)OC(COCCCC/C=C\C/C=C\C/C=C\C/C=C\C/C=C\CC)COP(=O)(O)OCC(O)CO. The predicted molar refractivity (Wildman–Crippen MR) is 251 cm³/mol. The summed E-state index contributed by atoms with van der Waals surface area (Å²) < 4.78 is 33.3. The van der Waals surface area contributed by atoms with Gasteiger partial charge in [-0.25, -0.2) is 4.57 Å². The monoisotopic (exact) mass is 855 g/mol. The molecule has 0 aromatic heterocycles. The number of aliphatic hydroxyl groups excluding tert-OH is 2. The largest absolute Gasteiger partial charge is 0.472 e. The fourth-order valence-corrected chi connectivity index (χ4v) is 5.82. The molecule has 0 aliphatic carbocycles. The zero-order valence-electron chi connectivity index (χ0n) is 36.9. The van der Waals surface area contributed by atoms with Crippen molar-refractivity contribution in [1.82, 2.24) is 0 Å². The van der Waals surface area contributed by atoms with Gasteiger partial charge in [0.2, 0.25) is 0 Å². The van der Waals surface area contributed by atoms with Crippen LogP contribution < -0.4 is 0 Å². The molecule has 0 saturated carbocycles. The molecule has 0 aliphatic rings. The molecule has 0 radical (unpaired) electrons. The highest BCUT2D eigenvalue weighted by molar-refractivity contribution is 7.47. The Kier molecular flexibility index (Phi) is 42.6. The number of carbonyl (C=O) groups is 1. The third-order valence-corrected chi connectivity index (χ3v) is 9.28. The van der Waals surface area contributed by atoms with Gasteiger partial charge in [0, 0.05) is 13.0 Å². The molecule has 3 atom stereocenters. The maximum atomic E-state index is 12.6. The first-order valence-corrected chi connectivity index (χ1v) is 23.7. The minimum Gasteiger partial charge on any atom is -0.457 e. The number of unbranched alkanes of at least 4 members (excludes halogenated alkanes) is 4. The van der Waals surface area contributed by atoms with Crippen molar-refractivity contribution in [3.63, 3.8) is 0 Å². The van der Waals surface area contributed by atoms with Crippen LogP contribution in [0.15, 0.2) is 134 Å². The van der Waals surface area contributed by atoms with E-state index in [9.17, 15) is 19.4 Å². The number of esters is 1. The minimum absolute atomic E-state index is 0.00872. The van der Waals surface area contributed by atoms with Crippen molar-refractivity contribution >= 4 is 13.8 Å². The Balaban J connectivity index is 4.38. The normalized spacial score (nSPS) is 15.2. The fourth-order valence-electron chi connectivity index (χ4n) is 5.03. The van der Waals surface area contributed by atoms with E-state index >= 15 is 0 Å². The van der Waals surface area contributed by atoms with Gasteiger partial charge in [-0.15, -0.1) is 0 Å². The fraction of sp³-hybridized carbons (Fsp3) is 0.540. The summed E-state index contributed by atoms with van der Waals surface area (Å²) in [5.74, 6) is -0.447. The Morgan fingerprint density at radius 2 is 0.883 bits per heavy atom. The number of allylic oxidation sites excluding steroid dienone is 22. The number of carbonyl (C=O) groups excluding carboxylic acids is 1. The van der Waals surface area contributed by atoms with E-state index in [-0.39, 0.29) is 13.0 Å². The lowest BCUT2D eigenvalue weighted by Crippen LogP contribution is -2.29. The molecule has 0 bridgehead atoms. The molecule has 0 amide bonds. The van der Waals surface area contributed by atoms with Crippen LogP contribution in [0.1, 0.15) is 129 Å². The summed E-state index contributed by atoms with van der Waals surface area (Å²) >= 11 is 0. The molecule has 0 spiro atoms. The first-order chi connectivity index (χ1) is 29.3. The van der Waals surface area contributed by atoms with E-state index in [1.54, 1.807) is 0 Å². The van der Waals surface area contributed by atoms with Crippen LogP contribution in [0, 0.1) is 0 Å². The van der Waals surface area contributed by atoms with Crippen LogP contribution in [-0.2, 0) is 27.9 Å². The third-order valence-electron chi connectivity index (χ3n) is 8.33. The van der Waals surface area contributed by atoms with Crippen molar-refractivity contribution in [3.8, 4) is 0 Å². The molecule has 338 valence electrons. The van der Waals surface area contributed by atoms with E-state index < -0.39 is 45.8 Å². The van der Waals surface area contributed by atoms with E-state index in [4.69, 9.17) is 23.6 Å². The van der Waals surface area contributed by atoms with E-state index in [0.717, 1.165) is 103 Å². The van der Waals surface area contributed by atoms with Crippen LogP contribution in [-0.4, -0.2) is 66.3 Å². The van der Waals surface area contributed by atoms with Crippen molar-refractivity contribution < 1.29 is 43.0 Å². The van der Waals surface area contributed by atoms with Gasteiger partial charge in [-0.05, 0) is 109 Å². The number of hydrogen-bond acceptors (Lipinski definition) is 8. The van der Waals surface area contributed by atoms with Gasteiger partial charge in [-0.1, -0.05) is 148 Å². The molecule has 3 N–H and O–H groups in total. The van der Waals surface area contributed by atoms with Crippen LogP contribution in [0.25, 0.3) is 0 Å². The van der Waals surface area contributed by atoms with Crippen LogP contribution >= 0.6 is 7.82 Å². The van der Waals surface area contributed by atoms with Gasteiger partial charge in [0.25, 0.3) is 0 Å². The van der Waals surface area contributed by atoms with E-state index in [0.29, 0.717) is 13.0 Å². The summed E-state index contributed by atoms with van der Waals surface area (Å²) in [4.78, 5) is 22.6. The summed E-state index contributed by atoms with van der Waals surface area (Å²) in [5, 5.41) is 18.4. The molecule has 0 heterocycles. The summed E-state index contributed by atoms with van der Waals surface area (Å²) in [5.41, 5.74) is 0. The Morgan fingerprint density at radius 1 is 0.517 bits per heavy atom. The summed E-state index contributed by atoms with van der Waals surface area (Å²) in [6.45, 7) is 3.07. The van der Waals surface area contributed by atoms with Crippen molar-refractivity contribution in [2.75, 3.05) is 33.0 Å². The zero-order chi connectivity index (χ0) is 43.9. The second kappa shape index (κ2) is 45.1. The Bertz CT molecular complexity index is 1380. The molecule has 0 aromatic rings. The summed E-state index contributed by atoms with van der Waals surface area (Å²) in [7, 11) is -4.56. The summed E-state index contributed by atoms with van der Waals surface area (Å²) in [6.07, 6.45) is 61.3. The third kappa shape index (κ3) is 44.2. The van der Waals surface area contributed by atoms with Crippen molar-refractivity contribution in [3.05, 3.63) is 134 Å². The maximum Gasteiger partial charge on any atom is 0.472 e. The molecule has 0 aromatic carbocycles. The molecule has 0 fully saturated rings. The topological polar surface area (TPSA) is 132 Å². The lowest BCUT2D eigenvalue weighted by Gasteiger charge is -2.20. The van der Waals surface area contributed by atoms with E-state index in [1.807, 2.05) is 0 Å². The van der Waals surface area contributed by atoms with Crippen molar-refractivity contribution in [2.24, 2.45) is 0 Å². The number of phosphoric ester groups is 1. The number of hydrogen-bond donors (Lipinski definition) is 3. The Morgan fingerprint density at radius 3 is 1.28 bits per heavy atom. The molecule has 60 heavy (non-hydrogen) atoms. The van der Waals surface area contributed by atoms with Crippen LogP contribution in [0.2, 0.25) is 0 Å². The van der Waals surface area contributed by atoms with E-state index in [1.165, 1.54) is 0 Å². The number of rotatable bonds is 40. The highest BCUT2D eigenvalue weighted by Crippen LogP contribution is 2.43. The molecule has 3 unspecified atom stereocenters. The average molecular weight is 855 g/mol. The minimum atomic E-state index is -4.56. The highest BCUT2D eigenvalue weighted by Gasteiger charge is 2.26. The van der Waals surface area contributed by atoms with Gasteiger partial charge < -0.3 is 24.6 Å². The van der Waals surface area contributed by atoms with Gasteiger partial charge >= 0.3 is 13.8 Å².